The molecule has 28 heavy (non-hydrogen) atoms. The lowest BCUT2D eigenvalue weighted by molar-refractivity contribution is 0.0951. The zero-order chi connectivity index (χ0) is 19.9. The summed E-state index contributed by atoms with van der Waals surface area (Å²) in [5, 5.41) is 6.79. The molecule has 0 aliphatic rings. The Bertz CT molecular complexity index is 1000. The Kier molecular flexibility index (Phi) is 5.81. The number of hydrogen-bond acceptors (Lipinski definition) is 6. The Morgan fingerprint density at radius 2 is 1.93 bits per heavy atom. The third-order valence-electron chi connectivity index (χ3n) is 3.99. The molecule has 2 aromatic carbocycles. The van der Waals surface area contributed by atoms with E-state index in [1.165, 1.54) is 6.20 Å². The number of rotatable bonds is 6. The summed E-state index contributed by atoms with van der Waals surface area (Å²) in [6.45, 7) is 0.451. The number of benzene rings is 2. The molecular weight excluding hydrogens is 354 g/mol. The van der Waals surface area contributed by atoms with Gasteiger partial charge in [0.15, 0.2) is 11.7 Å². The molecule has 1 aromatic heterocycles. The van der Waals surface area contributed by atoms with E-state index in [0.29, 0.717) is 17.8 Å². The number of hydrogen-bond donors (Lipinski definition) is 4. The Morgan fingerprint density at radius 1 is 1.14 bits per heavy atom. The normalized spacial score (nSPS) is 11.1. The van der Waals surface area contributed by atoms with Crippen LogP contribution in [-0.2, 0) is 6.54 Å². The number of nitrogens with one attached hydrogen (secondary N) is 2. The number of amides is 1. The highest BCUT2D eigenvalue weighted by Crippen LogP contribution is 2.20. The minimum Gasteiger partial charge on any atom is -0.382 e. The molecule has 142 valence electrons. The van der Waals surface area contributed by atoms with E-state index in [4.69, 9.17) is 11.5 Å². The van der Waals surface area contributed by atoms with Crippen LogP contribution in [-0.4, -0.2) is 28.8 Å². The van der Waals surface area contributed by atoms with Gasteiger partial charge >= 0.3 is 0 Å². The average molecular weight is 375 g/mol. The molecule has 0 atom stereocenters. The second kappa shape index (κ2) is 8.63. The maximum absolute atomic E-state index is 12.5. The smallest absolute Gasteiger partial charge is 0.251 e. The topological polar surface area (TPSA) is 131 Å². The number of carbonyl (C=O) groups excluding carboxylic acids is 1. The molecule has 0 unspecified atom stereocenters. The second-order valence-corrected chi connectivity index (χ2v) is 5.96. The standard InChI is InChI=1S/C20H21N7O/c1-23-27-19(22)17-18(21)24-12-16(26-17)14-8-5-9-15(10-14)20(28)25-11-13-6-3-2-4-7-13/h2-10,12,23H,11H2,1H3,(H2,21,24)(H2,22,27)(H,25,28). The summed E-state index contributed by atoms with van der Waals surface area (Å²) in [6, 6.07) is 16.8. The molecule has 0 saturated carbocycles. The fraction of sp³-hybridized carbons (Fsp3) is 0.100. The van der Waals surface area contributed by atoms with Crippen LogP contribution in [0.1, 0.15) is 21.6 Å². The van der Waals surface area contributed by atoms with Crippen molar-refractivity contribution in [3.63, 3.8) is 0 Å². The van der Waals surface area contributed by atoms with E-state index in [0.717, 1.165) is 11.1 Å². The molecule has 0 spiro atoms. The minimum atomic E-state index is -0.175. The Balaban J connectivity index is 1.82. The molecule has 0 aliphatic heterocycles. The highest BCUT2D eigenvalue weighted by Gasteiger charge is 2.12. The van der Waals surface area contributed by atoms with Gasteiger partial charge in [0.2, 0.25) is 0 Å². The number of amidine groups is 1. The SMILES string of the molecule is CNN=C(N)c1nc(-c2cccc(C(=O)NCc3ccccc3)c2)cnc1N. The summed E-state index contributed by atoms with van der Waals surface area (Å²) in [4.78, 5) is 21.1. The summed E-state index contributed by atoms with van der Waals surface area (Å²) in [5.41, 5.74) is 17.4. The van der Waals surface area contributed by atoms with Crippen molar-refractivity contribution in [3.8, 4) is 11.3 Å². The first-order valence-corrected chi connectivity index (χ1v) is 8.64. The Hall–Kier alpha value is -3.94. The number of nitrogens with two attached hydrogens (primary N) is 2. The number of carbonyl (C=O) groups is 1. The van der Waals surface area contributed by atoms with Gasteiger partial charge in [-0.1, -0.05) is 42.5 Å². The lowest BCUT2D eigenvalue weighted by Crippen LogP contribution is -2.22. The highest BCUT2D eigenvalue weighted by atomic mass is 16.1. The zero-order valence-electron chi connectivity index (χ0n) is 15.4. The van der Waals surface area contributed by atoms with E-state index in [1.54, 1.807) is 25.2 Å². The van der Waals surface area contributed by atoms with E-state index in [-0.39, 0.29) is 23.3 Å². The van der Waals surface area contributed by atoms with Crippen LogP contribution in [0.3, 0.4) is 0 Å². The van der Waals surface area contributed by atoms with Crippen LogP contribution < -0.4 is 22.2 Å². The largest absolute Gasteiger partial charge is 0.382 e. The zero-order valence-corrected chi connectivity index (χ0v) is 15.4. The first-order valence-electron chi connectivity index (χ1n) is 8.64. The molecule has 8 heteroatoms. The van der Waals surface area contributed by atoms with Crippen LogP contribution >= 0.6 is 0 Å². The number of nitrogen functional groups attached to an aromatic ring is 1. The van der Waals surface area contributed by atoms with Crippen LogP contribution in [0.15, 0.2) is 65.9 Å². The third kappa shape index (κ3) is 4.42. The van der Waals surface area contributed by atoms with E-state index >= 15 is 0 Å². The first-order chi connectivity index (χ1) is 13.6. The van der Waals surface area contributed by atoms with Crippen molar-refractivity contribution >= 4 is 17.6 Å². The second-order valence-electron chi connectivity index (χ2n) is 5.96. The van der Waals surface area contributed by atoms with Gasteiger partial charge in [-0.3, -0.25) is 4.79 Å². The molecule has 0 bridgehead atoms. The van der Waals surface area contributed by atoms with E-state index < -0.39 is 0 Å². The van der Waals surface area contributed by atoms with E-state index in [9.17, 15) is 4.79 Å². The molecule has 3 rings (SSSR count). The Morgan fingerprint density at radius 3 is 2.68 bits per heavy atom. The summed E-state index contributed by atoms with van der Waals surface area (Å²) in [6.07, 6.45) is 1.53. The van der Waals surface area contributed by atoms with Gasteiger partial charge in [0, 0.05) is 24.7 Å². The summed E-state index contributed by atoms with van der Waals surface area (Å²) in [5.74, 6) is 0.133. The van der Waals surface area contributed by atoms with Crippen molar-refractivity contribution in [2.75, 3.05) is 12.8 Å². The van der Waals surface area contributed by atoms with Crippen LogP contribution in [0.4, 0.5) is 5.82 Å². The van der Waals surface area contributed by atoms with E-state index in [2.05, 4.69) is 25.8 Å². The van der Waals surface area contributed by atoms with Crippen molar-refractivity contribution in [2.45, 2.75) is 6.54 Å². The van der Waals surface area contributed by atoms with Crippen LogP contribution in [0.2, 0.25) is 0 Å². The van der Waals surface area contributed by atoms with Crippen molar-refractivity contribution in [1.82, 2.24) is 20.7 Å². The third-order valence-corrected chi connectivity index (χ3v) is 3.99. The lowest BCUT2D eigenvalue weighted by atomic mass is 10.1. The number of anilines is 1. The molecule has 0 saturated heterocycles. The molecule has 0 fully saturated rings. The van der Waals surface area contributed by atoms with Crippen molar-refractivity contribution in [2.24, 2.45) is 10.8 Å². The lowest BCUT2D eigenvalue weighted by Gasteiger charge is -2.09. The number of hydrazone groups is 1. The van der Waals surface area contributed by atoms with Gasteiger partial charge in [0.1, 0.15) is 5.69 Å². The predicted octanol–water partition coefficient (Wildman–Crippen LogP) is 1.50. The molecule has 1 heterocycles. The van der Waals surface area contributed by atoms with E-state index in [1.807, 2.05) is 36.4 Å². The summed E-state index contributed by atoms with van der Waals surface area (Å²) >= 11 is 0. The van der Waals surface area contributed by atoms with Gasteiger partial charge in [0.25, 0.3) is 5.91 Å². The molecule has 6 N–H and O–H groups in total. The quantitative estimate of drug-likeness (QED) is 0.293. The first kappa shape index (κ1) is 18.8. The minimum absolute atomic E-state index is 0.131. The van der Waals surface area contributed by atoms with Gasteiger partial charge in [-0.25, -0.2) is 9.97 Å². The number of nitrogens with zero attached hydrogens (tertiary/aromatic N) is 3. The monoisotopic (exact) mass is 375 g/mol. The van der Waals surface area contributed by atoms with Crippen molar-refractivity contribution < 1.29 is 4.79 Å². The van der Waals surface area contributed by atoms with Crippen LogP contribution in [0, 0.1) is 0 Å². The maximum atomic E-state index is 12.5. The van der Waals surface area contributed by atoms with Crippen molar-refractivity contribution in [3.05, 3.63) is 77.6 Å². The fourth-order valence-corrected chi connectivity index (χ4v) is 2.60. The molecule has 8 nitrogen and oxygen atoms in total. The van der Waals surface area contributed by atoms with Gasteiger partial charge in [0.05, 0.1) is 11.9 Å². The fourth-order valence-electron chi connectivity index (χ4n) is 2.60. The summed E-state index contributed by atoms with van der Waals surface area (Å²) < 4.78 is 0. The Labute approximate surface area is 162 Å². The van der Waals surface area contributed by atoms with Gasteiger partial charge in [-0.05, 0) is 17.7 Å². The molecule has 0 aliphatic carbocycles. The molecule has 1 amide bonds. The van der Waals surface area contributed by atoms with Crippen LogP contribution in [0.25, 0.3) is 11.3 Å². The van der Waals surface area contributed by atoms with Crippen molar-refractivity contribution in [1.29, 1.82) is 0 Å². The molecule has 0 radical (unpaired) electrons. The van der Waals surface area contributed by atoms with Gasteiger partial charge in [-0.2, -0.15) is 5.10 Å². The van der Waals surface area contributed by atoms with Gasteiger partial charge < -0.3 is 22.2 Å². The van der Waals surface area contributed by atoms with Crippen LogP contribution in [0.5, 0.6) is 0 Å². The predicted molar refractivity (Wildman–Crippen MR) is 109 cm³/mol. The average Bonchev–Trinajstić information content (AvgIpc) is 2.73. The van der Waals surface area contributed by atoms with Gasteiger partial charge in [-0.15, -0.1) is 0 Å². The number of aromatic nitrogens is 2. The maximum Gasteiger partial charge on any atom is 0.251 e. The summed E-state index contributed by atoms with van der Waals surface area (Å²) in [7, 11) is 1.62. The molecule has 3 aromatic rings. The molecular formula is C20H21N7O. The highest BCUT2D eigenvalue weighted by molar-refractivity contribution is 5.99.